The van der Waals surface area contributed by atoms with Crippen LogP contribution < -0.4 is 5.73 Å². The van der Waals surface area contributed by atoms with Crippen molar-refractivity contribution in [3.8, 4) is 0 Å². The van der Waals surface area contributed by atoms with Gasteiger partial charge in [0.1, 0.15) is 0 Å². The van der Waals surface area contributed by atoms with E-state index in [1.807, 2.05) is 0 Å². The lowest BCUT2D eigenvalue weighted by atomic mass is 9.95. The summed E-state index contributed by atoms with van der Waals surface area (Å²) in [6.45, 7) is 9.10. The molecule has 2 unspecified atom stereocenters. The van der Waals surface area contributed by atoms with E-state index in [1.54, 1.807) is 0 Å². The van der Waals surface area contributed by atoms with E-state index in [1.165, 1.54) is 45.1 Å². The van der Waals surface area contributed by atoms with Gasteiger partial charge in [-0.1, -0.05) is 33.1 Å². The summed E-state index contributed by atoms with van der Waals surface area (Å²) in [4.78, 5) is 2.66. The molecule has 1 aliphatic heterocycles. The fraction of sp³-hybridized carbons (Fsp3) is 1.00. The molecule has 1 saturated heterocycles. The maximum absolute atomic E-state index is 6.38. The number of nitrogens with two attached hydrogens (primary N) is 1. The molecule has 1 aliphatic rings. The summed E-state index contributed by atoms with van der Waals surface area (Å²) in [7, 11) is 0. The molecule has 0 aliphatic carbocycles. The summed E-state index contributed by atoms with van der Waals surface area (Å²) < 4.78 is 0. The first-order valence-electron chi connectivity index (χ1n) is 7.12. The Morgan fingerprint density at radius 1 is 1.25 bits per heavy atom. The molecule has 1 rings (SSSR count). The lowest BCUT2D eigenvalue weighted by molar-refractivity contribution is 0.151. The summed E-state index contributed by atoms with van der Waals surface area (Å²) in [6, 6.07) is 0.780. The molecule has 0 amide bonds. The van der Waals surface area contributed by atoms with E-state index in [-0.39, 0.29) is 5.54 Å². The highest BCUT2D eigenvalue weighted by Crippen LogP contribution is 2.22. The van der Waals surface area contributed by atoms with Crippen molar-refractivity contribution in [3.63, 3.8) is 0 Å². The van der Waals surface area contributed by atoms with Crippen LogP contribution in [-0.4, -0.2) is 29.6 Å². The minimum Gasteiger partial charge on any atom is -0.324 e. The lowest BCUT2D eigenvalue weighted by Crippen LogP contribution is -2.50. The van der Waals surface area contributed by atoms with Gasteiger partial charge in [0.2, 0.25) is 0 Å². The molecule has 0 aromatic carbocycles. The molecule has 0 bridgehead atoms. The highest BCUT2D eigenvalue weighted by atomic mass is 15.2. The monoisotopic (exact) mass is 226 g/mol. The highest BCUT2D eigenvalue weighted by molar-refractivity contribution is 4.86. The van der Waals surface area contributed by atoms with E-state index in [0.717, 1.165) is 19.0 Å². The standard InChI is InChI=1S/C14H30N2/c1-4-10-14(3,15)12-16-11-8-6-7-9-13(16)5-2/h13H,4-12,15H2,1-3H3. The number of hydrogen-bond acceptors (Lipinski definition) is 2. The van der Waals surface area contributed by atoms with Gasteiger partial charge in [-0.15, -0.1) is 0 Å². The largest absolute Gasteiger partial charge is 0.324 e. The second kappa shape index (κ2) is 6.61. The molecular formula is C14H30N2. The highest BCUT2D eigenvalue weighted by Gasteiger charge is 2.26. The molecule has 2 atom stereocenters. The first-order chi connectivity index (χ1) is 7.59. The van der Waals surface area contributed by atoms with E-state index in [0.29, 0.717) is 0 Å². The SMILES string of the molecule is CCCC(C)(N)CN1CCCCCC1CC. The molecule has 1 heterocycles. The third-order valence-corrected chi connectivity index (χ3v) is 3.86. The van der Waals surface area contributed by atoms with Crippen LogP contribution in [-0.2, 0) is 0 Å². The molecule has 2 heteroatoms. The number of hydrogen-bond donors (Lipinski definition) is 1. The molecule has 1 fully saturated rings. The normalized spacial score (nSPS) is 27.4. The summed E-state index contributed by atoms with van der Waals surface area (Å²) >= 11 is 0. The first-order valence-corrected chi connectivity index (χ1v) is 7.12. The van der Waals surface area contributed by atoms with Crippen LogP contribution in [0.25, 0.3) is 0 Å². The van der Waals surface area contributed by atoms with Crippen LogP contribution in [0, 0.1) is 0 Å². The van der Waals surface area contributed by atoms with Gasteiger partial charge in [-0.3, -0.25) is 4.90 Å². The number of nitrogens with zero attached hydrogens (tertiary/aromatic N) is 1. The quantitative estimate of drug-likeness (QED) is 0.780. The Balaban J connectivity index is 2.53. The zero-order valence-corrected chi connectivity index (χ0v) is 11.5. The van der Waals surface area contributed by atoms with Crippen LogP contribution in [0.2, 0.25) is 0 Å². The summed E-state index contributed by atoms with van der Waals surface area (Å²) in [6.07, 6.45) is 9.16. The summed E-state index contributed by atoms with van der Waals surface area (Å²) in [5.41, 5.74) is 6.39. The van der Waals surface area contributed by atoms with Gasteiger partial charge < -0.3 is 5.73 Å². The number of likely N-dealkylation sites (tertiary alicyclic amines) is 1. The van der Waals surface area contributed by atoms with E-state index in [2.05, 4.69) is 25.7 Å². The second-order valence-corrected chi connectivity index (χ2v) is 5.79. The van der Waals surface area contributed by atoms with E-state index < -0.39 is 0 Å². The predicted molar refractivity (Wildman–Crippen MR) is 71.6 cm³/mol. The van der Waals surface area contributed by atoms with Gasteiger partial charge in [0, 0.05) is 18.1 Å². The average molecular weight is 226 g/mol. The van der Waals surface area contributed by atoms with Gasteiger partial charge in [0.15, 0.2) is 0 Å². The minimum absolute atomic E-state index is 0.00646. The maximum atomic E-state index is 6.38. The summed E-state index contributed by atoms with van der Waals surface area (Å²) in [5, 5.41) is 0. The smallest absolute Gasteiger partial charge is 0.0254 e. The third kappa shape index (κ3) is 4.42. The zero-order valence-electron chi connectivity index (χ0n) is 11.5. The predicted octanol–water partition coefficient (Wildman–Crippen LogP) is 3.16. The van der Waals surface area contributed by atoms with Crippen molar-refractivity contribution in [1.82, 2.24) is 4.90 Å². The maximum Gasteiger partial charge on any atom is 0.0254 e. The Labute approximate surface area is 102 Å². The van der Waals surface area contributed by atoms with Crippen molar-refractivity contribution in [2.45, 2.75) is 77.3 Å². The van der Waals surface area contributed by atoms with E-state index in [9.17, 15) is 0 Å². The first kappa shape index (κ1) is 14.0. The lowest BCUT2D eigenvalue weighted by Gasteiger charge is -2.36. The molecule has 96 valence electrons. The Kier molecular flexibility index (Phi) is 5.77. The topological polar surface area (TPSA) is 29.3 Å². The number of rotatable bonds is 5. The van der Waals surface area contributed by atoms with Crippen LogP contribution in [0.5, 0.6) is 0 Å². The fourth-order valence-corrected chi connectivity index (χ4v) is 3.02. The Morgan fingerprint density at radius 3 is 2.62 bits per heavy atom. The van der Waals surface area contributed by atoms with Crippen molar-refractivity contribution < 1.29 is 0 Å². The van der Waals surface area contributed by atoms with Crippen molar-refractivity contribution in [3.05, 3.63) is 0 Å². The van der Waals surface area contributed by atoms with Gasteiger partial charge in [0.25, 0.3) is 0 Å². The third-order valence-electron chi connectivity index (χ3n) is 3.86. The van der Waals surface area contributed by atoms with Crippen LogP contribution in [0.4, 0.5) is 0 Å². The Bertz CT molecular complexity index is 189. The average Bonchev–Trinajstić information content (AvgIpc) is 2.42. The molecule has 16 heavy (non-hydrogen) atoms. The van der Waals surface area contributed by atoms with Gasteiger partial charge in [0.05, 0.1) is 0 Å². The molecule has 0 aromatic rings. The van der Waals surface area contributed by atoms with Gasteiger partial charge in [-0.05, 0) is 39.2 Å². The van der Waals surface area contributed by atoms with Gasteiger partial charge in [-0.2, -0.15) is 0 Å². The molecule has 0 saturated carbocycles. The fourth-order valence-electron chi connectivity index (χ4n) is 3.02. The molecule has 2 nitrogen and oxygen atoms in total. The molecule has 2 N–H and O–H groups in total. The van der Waals surface area contributed by atoms with Crippen LogP contribution in [0.1, 0.15) is 65.7 Å². The van der Waals surface area contributed by atoms with Gasteiger partial charge >= 0.3 is 0 Å². The minimum atomic E-state index is 0.00646. The van der Waals surface area contributed by atoms with Crippen molar-refractivity contribution >= 4 is 0 Å². The van der Waals surface area contributed by atoms with E-state index in [4.69, 9.17) is 5.73 Å². The van der Waals surface area contributed by atoms with Crippen LogP contribution >= 0.6 is 0 Å². The molecule has 0 aromatic heterocycles. The second-order valence-electron chi connectivity index (χ2n) is 5.79. The Morgan fingerprint density at radius 2 is 2.00 bits per heavy atom. The van der Waals surface area contributed by atoms with Crippen LogP contribution in [0.15, 0.2) is 0 Å². The summed E-state index contributed by atoms with van der Waals surface area (Å²) in [5.74, 6) is 0. The van der Waals surface area contributed by atoms with Crippen molar-refractivity contribution in [1.29, 1.82) is 0 Å². The molecule has 0 spiro atoms. The zero-order chi connectivity index (χ0) is 12.0. The van der Waals surface area contributed by atoms with Crippen molar-refractivity contribution in [2.24, 2.45) is 5.73 Å². The van der Waals surface area contributed by atoms with E-state index >= 15 is 0 Å². The molecular weight excluding hydrogens is 196 g/mol. The van der Waals surface area contributed by atoms with Crippen molar-refractivity contribution in [2.75, 3.05) is 13.1 Å². The van der Waals surface area contributed by atoms with Gasteiger partial charge in [-0.25, -0.2) is 0 Å². The molecule has 0 radical (unpaired) electrons. The Hall–Kier alpha value is -0.0800. The van der Waals surface area contributed by atoms with Crippen LogP contribution in [0.3, 0.4) is 0 Å².